The molecule has 0 saturated heterocycles. The molecule has 0 unspecified atom stereocenters. The zero-order chi connectivity index (χ0) is 11.5. The molecular formula is C13H11ClO2. The van der Waals surface area contributed by atoms with Gasteiger partial charge in [-0.1, -0.05) is 17.7 Å². The summed E-state index contributed by atoms with van der Waals surface area (Å²) in [5.41, 5.74) is 0.720. The van der Waals surface area contributed by atoms with Crippen LogP contribution in [-0.4, -0.2) is 5.11 Å². The van der Waals surface area contributed by atoms with Crippen LogP contribution in [0.5, 0.6) is 17.2 Å². The Labute approximate surface area is 99.1 Å². The minimum atomic E-state index is 0.228. The van der Waals surface area contributed by atoms with Crippen LogP contribution < -0.4 is 4.74 Å². The van der Waals surface area contributed by atoms with Gasteiger partial charge in [-0.15, -0.1) is 0 Å². The molecule has 1 N–H and O–H groups in total. The van der Waals surface area contributed by atoms with E-state index in [1.807, 2.05) is 6.07 Å². The first kappa shape index (κ1) is 10.8. The summed E-state index contributed by atoms with van der Waals surface area (Å²) in [5, 5.41) is 10.2. The highest BCUT2D eigenvalue weighted by molar-refractivity contribution is 6.30. The molecular weight excluding hydrogens is 224 g/mol. The molecule has 0 bridgehead atoms. The standard InChI is InChI=1S/C13H11ClO2/c1-9-12(15)3-2-4-13(9)16-11-7-5-10(14)6-8-11/h2-8,15H,1H3. The van der Waals surface area contributed by atoms with Crippen LogP contribution in [-0.2, 0) is 0 Å². The Morgan fingerprint density at radius 3 is 2.44 bits per heavy atom. The summed E-state index contributed by atoms with van der Waals surface area (Å²) in [4.78, 5) is 0. The Kier molecular flexibility index (Phi) is 3.02. The number of rotatable bonds is 2. The second kappa shape index (κ2) is 4.45. The van der Waals surface area contributed by atoms with Crippen LogP contribution in [0.3, 0.4) is 0 Å². The monoisotopic (exact) mass is 234 g/mol. The molecule has 82 valence electrons. The molecule has 2 rings (SSSR count). The molecule has 3 heteroatoms. The van der Waals surface area contributed by atoms with E-state index in [1.54, 1.807) is 43.3 Å². The van der Waals surface area contributed by atoms with Crippen molar-refractivity contribution in [3.05, 3.63) is 53.1 Å². The predicted molar refractivity (Wildman–Crippen MR) is 64.4 cm³/mol. The van der Waals surface area contributed by atoms with Gasteiger partial charge in [-0.25, -0.2) is 0 Å². The van der Waals surface area contributed by atoms with E-state index in [0.29, 0.717) is 16.5 Å². The SMILES string of the molecule is Cc1c(O)cccc1Oc1ccc(Cl)cc1. The van der Waals surface area contributed by atoms with Gasteiger partial charge in [0.05, 0.1) is 0 Å². The predicted octanol–water partition coefficient (Wildman–Crippen LogP) is 4.15. The van der Waals surface area contributed by atoms with E-state index >= 15 is 0 Å². The summed E-state index contributed by atoms with van der Waals surface area (Å²) >= 11 is 5.78. The molecule has 0 heterocycles. The molecule has 0 atom stereocenters. The Balaban J connectivity index is 2.27. The van der Waals surface area contributed by atoms with Gasteiger partial charge in [0.15, 0.2) is 0 Å². The van der Waals surface area contributed by atoms with Crippen molar-refractivity contribution >= 4 is 11.6 Å². The quantitative estimate of drug-likeness (QED) is 0.846. The number of hydrogen-bond donors (Lipinski definition) is 1. The van der Waals surface area contributed by atoms with Crippen LogP contribution in [0.2, 0.25) is 5.02 Å². The third kappa shape index (κ3) is 2.28. The maximum absolute atomic E-state index is 9.52. The van der Waals surface area contributed by atoms with Gasteiger partial charge in [-0.05, 0) is 43.3 Å². The van der Waals surface area contributed by atoms with Crippen LogP contribution in [0.15, 0.2) is 42.5 Å². The van der Waals surface area contributed by atoms with Crippen molar-refractivity contribution < 1.29 is 9.84 Å². The van der Waals surface area contributed by atoms with E-state index in [9.17, 15) is 5.11 Å². The van der Waals surface area contributed by atoms with Crippen molar-refractivity contribution in [1.29, 1.82) is 0 Å². The van der Waals surface area contributed by atoms with Crippen molar-refractivity contribution in [2.45, 2.75) is 6.92 Å². The third-order valence-electron chi connectivity index (χ3n) is 2.30. The molecule has 0 aliphatic heterocycles. The molecule has 2 nitrogen and oxygen atoms in total. The number of phenols is 1. The van der Waals surface area contributed by atoms with E-state index in [0.717, 1.165) is 5.56 Å². The Morgan fingerprint density at radius 2 is 1.75 bits per heavy atom. The fourth-order valence-corrected chi connectivity index (χ4v) is 1.47. The van der Waals surface area contributed by atoms with Crippen LogP contribution in [0.25, 0.3) is 0 Å². The van der Waals surface area contributed by atoms with Gasteiger partial charge >= 0.3 is 0 Å². The molecule has 0 aromatic heterocycles. The van der Waals surface area contributed by atoms with Gasteiger partial charge in [-0.3, -0.25) is 0 Å². The van der Waals surface area contributed by atoms with E-state index in [-0.39, 0.29) is 5.75 Å². The molecule has 0 fully saturated rings. The van der Waals surface area contributed by atoms with Crippen molar-refractivity contribution in [2.75, 3.05) is 0 Å². The minimum Gasteiger partial charge on any atom is -0.508 e. The van der Waals surface area contributed by atoms with Gasteiger partial charge < -0.3 is 9.84 Å². The van der Waals surface area contributed by atoms with Gasteiger partial charge in [0.1, 0.15) is 17.2 Å². The number of aromatic hydroxyl groups is 1. The fraction of sp³-hybridized carbons (Fsp3) is 0.0769. The molecule has 0 spiro atoms. The Hall–Kier alpha value is -1.67. The molecule has 2 aromatic carbocycles. The molecule has 0 aliphatic carbocycles. The van der Waals surface area contributed by atoms with Crippen LogP contribution in [0.4, 0.5) is 0 Å². The second-order valence-electron chi connectivity index (χ2n) is 3.46. The lowest BCUT2D eigenvalue weighted by atomic mass is 10.2. The van der Waals surface area contributed by atoms with E-state index in [2.05, 4.69) is 0 Å². The lowest BCUT2D eigenvalue weighted by Gasteiger charge is -2.09. The Bertz CT molecular complexity index is 492. The number of hydrogen-bond acceptors (Lipinski definition) is 2. The van der Waals surface area contributed by atoms with Gasteiger partial charge in [0.2, 0.25) is 0 Å². The van der Waals surface area contributed by atoms with Crippen LogP contribution in [0.1, 0.15) is 5.56 Å². The smallest absolute Gasteiger partial charge is 0.134 e. The average Bonchev–Trinajstić information content (AvgIpc) is 2.28. The molecule has 16 heavy (non-hydrogen) atoms. The molecule has 0 radical (unpaired) electrons. The number of benzene rings is 2. The van der Waals surface area contributed by atoms with Crippen LogP contribution in [0, 0.1) is 6.92 Å². The largest absolute Gasteiger partial charge is 0.508 e. The normalized spacial score (nSPS) is 10.1. The summed E-state index contributed by atoms with van der Waals surface area (Å²) < 4.78 is 5.63. The minimum absolute atomic E-state index is 0.228. The molecule has 0 aliphatic rings. The van der Waals surface area contributed by atoms with E-state index < -0.39 is 0 Å². The average molecular weight is 235 g/mol. The topological polar surface area (TPSA) is 29.5 Å². The molecule has 0 amide bonds. The molecule has 0 saturated carbocycles. The number of halogens is 1. The van der Waals surface area contributed by atoms with Gasteiger partial charge in [-0.2, -0.15) is 0 Å². The summed E-state index contributed by atoms with van der Waals surface area (Å²) in [6, 6.07) is 12.3. The lowest BCUT2D eigenvalue weighted by Crippen LogP contribution is -1.87. The highest BCUT2D eigenvalue weighted by Gasteiger charge is 2.04. The zero-order valence-electron chi connectivity index (χ0n) is 8.77. The Morgan fingerprint density at radius 1 is 1.06 bits per heavy atom. The van der Waals surface area contributed by atoms with Gasteiger partial charge in [0, 0.05) is 10.6 Å². The summed E-state index contributed by atoms with van der Waals surface area (Å²) in [6.45, 7) is 1.81. The first-order chi connectivity index (χ1) is 7.66. The first-order valence-electron chi connectivity index (χ1n) is 4.89. The van der Waals surface area contributed by atoms with Crippen molar-refractivity contribution in [2.24, 2.45) is 0 Å². The summed E-state index contributed by atoms with van der Waals surface area (Å²) in [5.74, 6) is 1.56. The summed E-state index contributed by atoms with van der Waals surface area (Å²) in [6.07, 6.45) is 0. The highest BCUT2D eigenvalue weighted by Crippen LogP contribution is 2.30. The lowest BCUT2D eigenvalue weighted by molar-refractivity contribution is 0.448. The van der Waals surface area contributed by atoms with E-state index in [1.165, 1.54) is 0 Å². The van der Waals surface area contributed by atoms with E-state index in [4.69, 9.17) is 16.3 Å². The number of phenolic OH excluding ortho intramolecular Hbond substituents is 1. The maximum atomic E-state index is 9.52. The van der Waals surface area contributed by atoms with Crippen LogP contribution >= 0.6 is 11.6 Å². The van der Waals surface area contributed by atoms with Crippen molar-refractivity contribution in [3.8, 4) is 17.2 Å². The maximum Gasteiger partial charge on any atom is 0.134 e. The van der Waals surface area contributed by atoms with Gasteiger partial charge in [0.25, 0.3) is 0 Å². The molecule has 2 aromatic rings. The highest BCUT2D eigenvalue weighted by atomic mass is 35.5. The van der Waals surface area contributed by atoms with Crippen molar-refractivity contribution in [1.82, 2.24) is 0 Å². The number of ether oxygens (including phenoxy) is 1. The third-order valence-corrected chi connectivity index (χ3v) is 2.55. The first-order valence-corrected chi connectivity index (χ1v) is 5.26. The zero-order valence-corrected chi connectivity index (χ0v) is 9.53. The fourth-order valence-electron chi connectivity index (χ4n) is 1.34. The van der Waals surface area contributed by atoms with Crippen molar-refractivity contribution in [3.63, 3.8) is 0 Å². The summed E-state index contributed by atoms with van der Waals surface area (Å²) in [7, 11) is 0. The second-order valence-corrected chi connectivity index (χ2v) is 3.89.